The van der Waals surface area contributed by atoms with Crippen molar-refractivity contribution in [3.63, 3.8) is 0 Å². The van der Waals surface area contributed by atoms with E-state index in [2.05, 4.69) is 26.8 Å². The SMILES string of the molecule is COc1c(CC(=O)N2CCN(C(C)=O)CC2)cc(C)cc1C(C)(C)C. The minimum atomic E-state index is -0.0533. The van der Waals surface area contributed by atoms with Crippen LogP contribution in [0.15, 0.2) is 12.1 Å². The van der Waals surface area contributed by atoms with Crippen molar-refractivity contribution in [2.24, 2.45) is 0 Å². The highest BCUT2D eigenvalue weighted by Gasteiger charge is 2.26. The van der Waals surface area contributed by atoms with E-state index in [0.717, 1.165) is 22.4 Å². The molecule has 0 unspecified atom stereocenters. The molecule has 1 heterocycles. The van der Waals surface area contributed by atoms with Crippen LogP contribution >= 0.6 is 0 Å². The second-order valence-corrected chi connectivity index (χ2v) is 7.82. The van der Waals surface area contributed by atoms with Crippen LogP contribution in [0.5, 0.6) is 5.75 Å². The number of carbonyl (C=O) groups is 2. The summed E-state index contributed by atoms with van der Waals surface area (Å²) in [5.41, 5.74) is 3.14. The summed E-state index contributed by atoms with van der Waals surface area (Å²) in [6.45, 7) is 12.5. The van der Waals surface area contributed by atoms with E-state index in [4.69, 9.17) is 4.74 Å². The van der Waals surface area contributed by atoms with Crippen LogP contribution in [0.2, 0.25) is 0 Å². The molecule has 1 aromatic carbocycles. The van der Waals surface area contributed by atoms with Crippen LogP contribution in [-0.2, 0) is 21.4 Å². The van der Waals surface area contributed by atoms with Crippen LogP contribution in [0, 0.1) is 6.92 Å². The van der Waals surface area contributed by atoms with Crippen LogP contribution in [0.3, 0.4) is 0 Å². The van der Waals surface area contributed by atoms with Gasteiger partial charge in [0.15, 0.2) is 0 Å². The van der Waals surface area contributed by atoms with Crippen LogP contribution in [0.4, 0.5) is 0 Å². The number of amides is 2. The first-order chi connectivity index (χ1) is 11.6. The smallest absolute Gasteiger partial charge is 0.227 e. The second-order valence-electron chi connectivity index (χ2n) is 7.82. The molecular weight excluding hydrogens is 316 g/mol. The lowest BCUT2D eigenvalue weighted by Gasteiger charge is -2.34. The van der Waals surface area contributed by atoms with Gasteiger partial charge in [-0.2, -0.15) is 0 Å². The average Bonchev–Trinajstić information content (AvgIpc) is 2.53. The fourth-order valence-electron chi connectivity index (χ4n) is 3.32. The van der Waals surface area contributed by atoms with Crippen molar-refractivity contribution in [3.05, 3.63) is 28.8 Å². The Morgan fingerprint density at radius 1 is 1.08 bits per heavy atom. The number of ether oxygens (including phenoxy) is 1. The Morgan fingerprint density at radius 2 is 1.64 bits per heavy atom. The summed E-state index contributed by atoms with van der Waals surface area (Å²) in [5.74, 6) is 0.975. The van der Waals surface area contributed by atoms with E-state index in [-0.39, 0.29) is 17.2 Å². The fourth-order valence-corrected chi connectivity index (χ4v) is 3.32. The molecule has 1 aliphatic heterocycles. The van der Waals surface area contributed by atoms with Gasteiger partial charge in [-0.1, -0.05) is 38.5 Å². The third-order valence-electron chi connectivity index (χ3n) is 4.74. The Bertz CT molecular complexity index is 654. The molecule has 0 radical (unpaired) electrons. The zero-order valence-corrected chi connectivity index (χ0v) is 16.3. The number of piperazine rings is 1. The average molecular weight is 346 g/mol. The zero-order chi connectivity index (χ0) is 18.8. The molecule has 0 aromatic heterocycles. The monoisotopic (exact) mass is 346 g/mol. The first-order valence-corrected chi connectivity index (χ1v) is 8.84. The molecule has 0 spiro atoms. The van der Waals surface area contributed by atoms with Gasteiger partial charge in [0.25, 0.3) is 0 Å². The standard InChI is InChI=1S/C20H30N2O3/c1-14-11-16(19(25-6)17(12-14)20(3,4)5)13-18(24)22-9-7-21(8-10-22)15(2)23/h11-12H,7-10,13H2,1-6H3. The molecule has 2 rings (SSSR count). The normalized spacial score (nSPS) is 15.3. The Balaban J connectivity index is 2.18. The van der Waals surface area contributed by atoms with Crippen molar-refractivity contribution in [1.82, 2.24) is 9.80 Å². The number of hydrogen-bond acceptors (Lipinski definition) is 3. The first kappa shape index (κ1) is 19.3. The molecule has 0 N–H and O–H groups in total. The lowest BCUT2D eigenvalue weighted by Crippen LogP contribution is -2.50. The van der Waals surface area contributed by atoms with Gasteiger partial charge >= 0.3 is 0 Å². The number of nitrogens with zero attached hydrogens (tertiary/aromatic N) is 2. The fraction of sp³-hybridized carbons (Fsp3) is 0.600. The molecule has 1 aliphatic rings. The number of carbonyl (C=O) groups excluding carboxylic acids is 2. The lowest BCUT2D eigenvalue weighted by atomic mass is 9.83. The number of rotatable bonds is 3. The minimum Gasteiger partial charge on any atom is -0.496 e. The van der Waals surface area contributed by atoms with E-state index in [1.165, 1.54) is 0 Å². The number of benzene rings is 1. The van der Waals surface area contributed by atoms with Crippen LogP contribution < -0.4 is 4.74 Å². The van der Waals surface area contributed by atoms with Gasteiger partial charge in [0, 0.05) is 44.2 Å². The van der Waals surface area contributed by atoms with Crippen molar-refractivity contribution < 1.29 is 14.3 Å². The second kappa shape index (κ2) is 7.46. The Morgan fingerprint density at radius 3 is 2.12 bits per heavy atom. The summed E-state index contributed by atoms with van der Waals surface area (Å²) >= 11 is 0. The lowest BCUT2D eigenvalue weighted by molar-refractivity contribution is -0.138. The van der Waals surface area contributed by atoms with Crippen LogP contribution in [0.1, 0.15) is 44.4 Å². The topological polar surface area (TPSA) is 49.9 Å². The van der Waals surface area contributed by atoms with Gasteiger partial charge in [0.05, 0.1) is 13.5 Å². The third kappa shape index (κ3) is 4.53. The Kier molecular flexibility index (Phi) is 5.76. The summed E-state index contributed by atoms with van der Waals surface area (Å²) < 4.78 is 5.67. The molecule has 138 valence electrons. The highest BCUT2D eigenvalue weighted by Crippen LogP contribution is 2.35. The van der Waals surface area contributed by atoms with Crippen molar-refractivity contribution in [2.45, 2.75) is 46.5 Å². The van der Waals surface area contributed by atoms with Crippen molar-refractivity contribution in [1.29, 1.82) is 0 Å². The minimum absolute atomic E-state index is 0.0533. The summed E-state index contributed by atoms with van der Waals surface area (Å²) in [5, 5.41) is 0. The number of aryl methyl sites for hydroxylation is 1. The summed E-state index contributed by atoms with van der Waals surface area (Å²) in [6.07, 6.45) is 0.327. The quantitative estimate of drug-likeness (QED) is 0.845. The van der Waals surface area contributed by atoms with E-state index in [9.17, 15) is 9.59 Å². The van der Waals surface area contributed by atoms with Gasteiger partial charge in [-0.25, -0.2) is 0 Å². The number of hydrogen-bond donors (Lipinski definition) is 0. The first-order valence-electron chi connectivity index (χ1n) is 8.84. The molecule has 0 bridgehead atoms. The van der Waals surface area contributed by atoms with Crippen LogP contribution in [0.25, 0.3) is 0 Å². The third-order valence-corrected chi connectivity index (χ3v) is 4.74. The molecule has 1 saturated heterocycles. The summed E-state index contributed by atoms with van der Waals surface area (Å²) in [7, 11) is 1.67. The molecule has 5 heteroatoms. The molecule has 1 aromatic rings. The molecule has 0 atom stereocenters. The van der Waals surface area contributed by atoms with Gasteiger partial charge in [-0.3, -0.25) is 9.59 Å². The Labute approximate surface area is 150 Å². The molecule has 5 nitrogen and oxygen atoms in total. The summed E-state index contributed by atoms with van der Waals surface area (Å²) in [6, 6.07) is 4.18. The molecule has 0 saturated carbocycles. The van der Waals surface area contributed by atoms with E-state index in [1.54, 1.807) is 18.9 Å². The molecule has 25 heavy (non-hydrogen) atoms. The molecular formula is C20H30N2O3. The van der Waals surface area contributed by atoms with E-state index >= 15 is 0 Å². The number of methoxy groups -OCH3 is 1. The highest BCUT2D eigenvalue weighted by molar-refractivity contribution is 5.80. The Hall–Kier alpha value is -2.04. The van der Waals surface area contributed by atoms with E-state index in [0.29, 0.717) is 32.6 Å². The molecule has 1 fully saturated rings. The zero-order valence-electron chi connectivity index (χ0n) is 16.3. The van der Waals surface area contributed by atoms with Gasteiger partial charge in [-0.15, -0.1) is 0 Å². The maximum absolute atomic E-state index is 12.8. The van der Waals surface area contributed by atoms with Crippen molar-refractivity contribution >= 4 is 11.8 Å². The van der Waals surface area contributed by atoms with Gasteiger partial charge in [-0.05, 0) is 12.3 Å². The predicted octanol–water partition coefficient (Wildman–Crippen LogP) is 2.53. The van der Waals surface area contributed by atoms with Crippen molar-refractivity contribution in [3.8, 4) is 5.75 Å². The maximum Gasteiger partial charge on any atom is 0.227 e. The molecule has 2 amide bonds. The highest BCUT2D eigenvalue weighted by atomic mass is 16.5. The maximum atomic E-state index is 12.8. The summed E-state index contributed by atoms with van der Waals surface area (Å²) in [4.78, 5) is 27.8. The van der Waals surface area contributed by atoms with Gasteiger partial charge in [0.1, 0.15) is 5.75 Å². The van der Waals surface area contributed by atoms with Gasteiger partial charge in [0.2, 0.25) is 11.8 Å². The van der Waals surface area contributed by atoms with Gasteiger partial charge < -0.3 is 14.5 Å². The molecule has 0 aliphatic carbocycles. The predicted molar refractivity (Wildman–Crippen MR) is 99.0 cm³/mol. The van der Waals surface area contributed by atoms with E-state index in [1.807, 2.05) is 17.9 Å². The van der Waals surface area contributed by atoms with Crippen molar-refractivity contribution in [2.75, 3.05) is 33.3 Å². The largest absolute Gasteiger partial charge is 0.496 e. The van der Waals surface area contributed by atoms with E-state index < -0.39 is 0 Å². The van der Waals surface area contributed by atoms with Crippen LogP contribution in [-0.4, -0.2) is 54.9 Å².